The summed E-state index contributed by atoms with van der Waals surface area (Å²) in [5.74, 6) is 6.05. The van der Waals surface area contributed by atoms with E-state index in [1.165, 1.54) is 18.6 Å². The van der Waals surface area contributed by atoms with Gasteiger partial charge in [0.25, 0.3) is 0 Å². The van der Waals surface area contributed by atoms with Crippen LogP contribution in [0.2, 0.25) is 0 Å². The van der Waals surface area contributed by atoms with Gasteiger partial charge in [-0.2, -0.15) is 5.10 Å². The summed E-state index contributed by atoms with van der Waals surface area (Å²) in [7, 11) is 0. The molecule has 0 amide bonds. The molecule has 2 saturated carbocycles. The number of hydrazone groups is 1. The van der Waals surface area contributed by atoms with E-state index in [2.05, 4.69) is 25.9 Å². The van der Waals surface area contributed by atoms with Crippen LogP contribution in [0.4, 0.5) is 0 Å². The highest BCUT2D eigenvalue weighted by atomic mass is 15.1. The molecule has 2 heteroatoms. The zero-order valence-corrected chi connectivity index (χ0v) is 8.22. The van der Waals surface area contributed by atoms with Crippen LogP contribution in [0.5, 0.6) is 0 Å². The maximum Gasteiger partial charge on any atom is 0.0417 e. The molecule has 12 heavy (non-hydrogen) atoms. The van der Waals surface area contributed by atoms with Gasteiger partial charge >= 0.3 is 0 Å². The van der Waals surface area contributed by atoms with E-state index in [-0.39, 0.29) is 0 Å². The Kier molecular flexibility index (Phi) is 1.37. The summed E-state index contributed by atoms with van der Waals surface area (Å²) >= 11 is 0. The molecule has 68 valence electrons. The molecule has 2 aliphatic rings. The van der Waals surface area contributed by atoms with Crippen molar-refractivity contribution < 1.29 is 0 Å². The van der Waals surface area contributed by atoms with Gasteiger partial charge in [0, 0.05) is 11.6 Å². The number of rotatable bonds is 0. The standard InChI is InChI=1S/C10H18N2/c1-9(2)7-4-5-10(9,3)6-8(7)12-11/h7H,4-6,11H2,1-3H3/b12-8+/t7-,10+/m1/s1. The molecule has 0 aromatic heterocycles. The average molecular weight is 166 g/mol. The van der Waals surface area contributed by atoms with Gasteiger partial charge in [0.2, 0.25) is 0 Å². The highest BCUT2D eigenvalue weighted by Crippen LogP contribution is 2.64. The van der Waals surface area contributed by atoms with Crippen molar-refractivity contribution in [1.29, 1.82) is 0 Å². The Bertz CT molecular complexity index is 239. The Morgan fingerprint density at radius 2 is 2.08 bits per heavy atom. The monoisotopic (exact) mass is 166 g/mol. The van der Waals surface area contributed by atoms with E-state index in [9.17, 15) is 0 Å². The Morgan fingerprint density at radius 1 is 1.42 bits per heavy atom. The van der Waals surface area contributed by atoms with Crippen LogP contribution in [-0.2, 0) is 0 Å². The zero-order valence-electron chi connectivity index (χ0n) is 8.22. The molecule has 0 aromatic rings. The molecular weight excluding hydrogens is 148 g/mol. The number of nitrogens with zero attached hydrogens (tertiary/aromatic N) is 1. The lowest BCUT2D eigenvalue weighted by Gasteiger charge is -2.33. The number of nitrogens with two attached hydrogens (primary N) is 1. The summed E-state index contributed by atoms with van der Waals surface area (Å²) in [6.07, 6.45) is 3.77. The predicted molar refractivity (Wildman–Crippen MR) is 50.9 cm³/mol. The summed E-state index contributed by atoms with van der Waals surface area (Å²) in [4.78, 5) is 0. The van der Waals surface area contributed by atoms with Gasteiger partial charge in [0.1, 0.15) is 0 Å². The van der Waals surface area contributed by atoms with Crippen LogP contribution >= 0.6 is 0 Å². The fourth-order valence-electron chi connectivity index (χ4n) is 3.12. The second-order valence-corrected chi connectivity index (χ2v) is 5.17. The van der Waals surface area contributed by atoms with E-state index in [4.69, 9.17) is 5.84 Å². The molecule has 2 nitrogen and oxygen atoms in total. The fraction of sp³-hybridized carbons (Fsp3) is 0.900. The maximum atomic E-state index is 5.39. The molecule has 0 heterocycles. The van der Waals surface area contributed by atoms with E-state index >= 15 is 0 Å². The number of fused-ring (bicyclic) bond motifs is 2. The first kappa shape index (κ1) is 8.09. The molecule has 0 saturated heterocycles. The van der Waals surface area contributed by atoms with Crippen LogP contribution in [-0.4, -0.2) is 5.71 Å². The number of hydrogen-bond donors (Lipinski definition) is 1. The van der Waals surface area contributed by atoms with Crippen molar-refractivity contribution >= 4 is 5.71 Å². The van der Waals surface area contributed by atoms with Crippen LogP contribution in [0.3, 0.4) is 0 Å². The minimum absolute atomic E-state index is 0.422. The van der Waals surface area contributed by atoms with Crippen LogP contribution in [0.15, 0.2) is 5.10 Å². The van der Waals surface area contributed by atoms with Gasteiger partial charge in [0.05, 0.1) is 0 Å². The van der Waals surface area contributed by atoms with Crippen molar-refractivity contribution in [2.45, 2.75) is 40.0 Å². The van der Waals surface area contributed by atoms with Gasteiger partial charge < -0.3 is 5.84 Å². The van der Waals surface area contributed by atoms with Gasteiger partial charge in [-0.1, -0.05) is 20.8 Å². The third-order valence-electron chi connectivity index (χ3n) is 4.55. The zero-order chi connectivity index (χ0) is 8.98. The maximum absolute atomic E-state index is 5.39. The second-order valence-electron chi connectivity index (χ2n) is 5.17. The lowest BCUT2D eigenvalue weighted by atomic mass is 9.71. The van der Waals surface area contributed by atoms with Crippen molar-refractivity contribution in [2.24, 2.45) is 27.7 Å². The van der Waals surface area contributed by atoms with Crippen molar-refractivity contribution in [3.63, 3.8) is 0 Å². The van der Waals surface area contributed by atoms with Gasteiger partial charge in [-0.15, -0.1) is 0 Å². The molecule has 2 bridgehead atoms. The highest BCUT2D eigenvalue weighted by Gasteiger charge is 2.59. The van der Waals surface area contributed by atoms with Gasteiger partial charge in [-0.25, -0.2) is 0 Å². The topological polar surface area (TPSA) is 38.4 Å². The molecule has 2 N–H and O–H groups in total. The first-order chi connectivity index (χ1) is 5.51. The molecule has 2 aliphatic carbocycles. The van der Waals surface area contributed by atoms with Crippen molar-refractivity contribution in [1.82, 2.24) is 0 Å². The minimum Gasteiger partial charge on any atom is -0.323 e. The summed E-state index contributed by atoms with van der Waals surface area (Å²) in [6, 6.07) is 0. The van der Waals surface area contributed by atoms with Crippen LogP contribution in [0.1, 0.15) is 40.0 Å². The first-order valence-electron chi connectivity index (χ1n) is 4.78. The van der Waals surface area contributed by atoms with Crippen LogP contribution < -0.4 is 5.84 Å². The Balaban J connectivity index is 2.43. The molecule has 2 fully saturated rings. The first-order valence-corrected chi connectivity index (χ1v) is 4.78. The van der Waals surface area contributed by atoms with E-state index < -0.39 is 0 Å². The predicted octanol–water partition coefficient (Wildman–Crippen LogP) is 2.15. The minimum atomic E-state index is 0.422. The van der Waals surface area contributed by atoms with E-state index in [1.54, 1.807) is 0 Å². The summed E-state index contributed by atoms with van der Waals surface area (Å²) < 4.78 is 0. The Hall–Kier alpha value is -0.530. The molecule has 2 atom stereocenters. The van der Waals surface area contributed by atoms with Gasteiger partial charge in [-0.05, 0) is 30.1 Å². The summed E-state index contributed by atoms with van der Waals surface area (Å²) in [5, 5.41) is 3.93. The van der Waals surface area contributed by atoms with E-state index in [0.717, 1.165) is 6.42 Å². The molecule has 0 spiro atoms. The van der Waals surface area contributed by atoms with Crippen molar-refractivity contribution in [3.05, 3.63) is 0 Å². The van der Waals surface area contributed by atoms with E-state index in [0.29, 0.717) is 16.7 Å². The molecule has 0 aromatic carbocycles. The smallest absolute Gasteiger partial charge is 0.0417 e. The molecule has 2 rings (SSSR count). The molecular formula is C10H18N2. The second kappa shape index (κ2) is 2.04. The molecule has 0 unspecified atom stereocenters. The number of hydrogen-bond acceptors (Lipinski definition) is 2. The normalized spacial score (nSPS) is 47.2. The average Bonchev–Trinajstić information content (AvgIpc) is 2.33. The molecule has 0 radical (unpaired) electrons. The Labute approximate surface area is 74.2 Å². The largest absolute Gasteiger partial charge is 0.323 e. The molecule has 0 aliphatic heterocycles. The van der Waals surface area contributed by atoms with E-state index in [1.807, 2.05) is 0 Å². The fourth-order valence-corrected chi connectivity index (χ4v) is 3.12. The van der Waals surface area contributed by atoms with Crippen LogP contribution in [0, 0.1) is 16.7 Å². The summed E-state index contributed by atoms with van der Waals surface area (Å²) in [5.41, 5.74) is 2.15. The summed E-state index contributed by atoms with van der Waals surface area (Å²) in [6.45, 7) is 7.11. The van der Waals surface area contributed by atoms with Crippen LogP contribution in [0.25, 0.3) is 0 Å². The SMILES string of the molecule is CC1(C)[C@@H]2CC[C@@]1(C)C/C2=N\N. The quantitative estimate of drug-likeness (QED) is 0.434. The Morgan fingerprint density at radius 3 is 2.33 bits per heavy atom. The lowest BCUT2D eigenvalue weighted by molar-refractivity contribution is 0.152. The third-order valence-corrected chi connectivity index (χ3v) is 4.55. The third kappa shape index (κ3) is 0.686. The highest BCUT2D eigenvalue weighted by molar-refractivity contribution is 5.91. The van der Waals surface area contributed by atoms with Gasteiger partial charge in [-0.3, -0.25) is 0 Å². The van der Waals surface area contributed by atoms with Crippen molar-refractivity contribution in [2.75, 3.05) is 0 Å². The van der Waals surface area contributed by atoms with Crippen molar-refractivity contribution in [3.8, 4) is 0 Å². The lowest BCUT2D eigenvalue weighted by Crippen LogP contribution is -2.26. The van der Waals surface area contributed by atoms with Gasteiger partial charge in [0.15, 0.2) is 0 Å².